The molecule has 0 aliphatic heterocycles. The summed E-state index contributed by atoms with van der Waals surface area (Å²) in [5.74, 6) is 0. The van der Waals surface area contributed by atoms with Crippen molar-refractivity contribution in [1.29, 1.82) is 0 Å². The summed E-state index contributed by atoms with van der Waals surface area (Å²) in [6.07, 6.45) is 8.05. The third-order valence-corrected chi connectivity index (χ3v) is 3.74. The van der Waals surface area contributed by atoms with E-state index in [2.05, 4.69) is 37.9 Å². The minimum absolute atomic E-state index is 0. The molecule has 10 heavy (non-hydrogen) atoms. The summed E-state index contributed by atoms with van der Waals surface area (Å²) in [5.41, 5.74) is 0. The summed E-state index contributed by atoms with van der Waals surface area (Å²) >= 11 is 0. The Morgan fingerprint density at radius 1 is 1.30 bits per heavy atom. The molecule has 0 nitrogen and oxygen atoms in total. The maximum Gasteiger partial charge on any atom is 0.0771 e. The van der Waals surface area contributed by atoms with E-state index in [0.29, 0.717) is 0 Å². The van der Waals surface area contributed by atoms with Crippen LogP contribution in [-0.2, 0) is 26.2 Å². The van der Waals surface area contributed by atoms with Gasteiger partial charge in [0.15, 0.2) is 0 Å². The molecular formula is C8H14SiZr. The van der Waals surface area contributed by atoms with Crippen LogP contribution in [0.1, 0.15) is 6.42 Å². The van der Waals surface area contributed by atoms with E-state index in [0.717, 1.165) is 0 Å². The third-order valence-electron chi connectivity index (χ3n) is 1.64. The molecule has 0 aromatic heterocycles. The van der Waals surface area contributed by atoms with Gasteiger partial charge in [-0.05, 0) is 6.42 Å². The largest absolute Gasteiger partial charge is 0.0815 e. The molecular weight excluding hydrogens is 215 g/mol. The fourth-order valence-corrected chi connectivity index (χ4v) is 2.36. The SMILES string of the molecule is C[Si](C)(C)C1=CCC=C1.[Zr]. The molecule has 0 bridgehead atoms. The fraction of sp³-hybridized carbons (Fsp3) is 0.500. The zero-order valence-electron chi connectivity index (χ0n) is 6.94. The zero-order valence-corrected chi connectivity index (χ0v) is 10.4. The van der Waals surface area contributed by atoms with Crippen molar-refractivity contribution in [2.24, 2.45) is 0 Å². The molecule has 0 radical (unpaired) electrons. The van der Waals surface area contributed by atoms with E-state index in [1.807, 2.05) is 0 Å². The first kappa shape index (κ1) is 10.6. The van der Waals surface area contributed by atoms with Crippen LogP contribution >= 0.6 is 0 Å². The smallest absolute Gasteiger partial charge is 0.0771 e. The quantitative estimate of drug-likeness (QED) is 0.607. The number of hydrogen-bond acceptors (Lipinski definition) is 0. The van der Waals surface area contributed by atoms with Gasteiger partial charge in [0.05, 0.1) is 8.07 Å². The maximum absolute atomic E-state index is 2.38. The van der Waals surface area contributed by atoms with Crippen molar-refractivity contribution >= 4 is 8.07 Å². The Bertz CT molecular complexity index is 163. The molecule has 0 amide bonds. The fourth-order valence-electron chi connectivity index (χ4n) is 1.01. The van der Waals surface area contributed by atoms with Crippen molar-refractivity contribution in [3.63, 3.8) is 0 Å². The summed E-state index contributed by atoms with van der Waals surface area (Å²) in [4.78, 5) is 0. The predicted octanol–water partition coefficient (Wildman–Crippen LogP) is 2.75. The average Bonchev–Trinajstić information content (AvgIpc) is 2.08. The van der Waals surface area contributed by atoms with E-state index >= 15 is 0 Å². The Kier molecular flexibility index (Phi) is 4.05. The molecule has 1 aliphatic rings. The Labute approximate surface area is 83.5 Å². The van der Waals surface area contributed by atoms with Gasteiger partial charge in [-0.15, -0.1) is 0 Å². The molecule has 0 aromatic carbocycles. The summed E-state index contributed by atoms with van der Waals surface area (Å²) in [6.45, 7) is 7.15. The van der Waals surface area contributed by atoms with Gasteiger partial charge in [-0.25, -0.2) is 0 Å². The Morgan fingerprint density at radius 2 is 1.90 bits per heavy atom. The summed E-state index contributed by atoms with van der Waals surface area (Å²) in [5, 5.41) is 1.61. The minimum Gasteiger partial charge on any atom is -0.0815 e. The maximum atomic E-state index is 2.38. The standard InChI is InChI=1S/C8H14Si.Zr/c1-9(2,3)8-6-4-5-7-8;/h4,6-7H,5H2,1-3H3;. The summed E-state index contributed by atoms with van der Waals surface area (Å²) < 4.78 is 0. The van der Waals surface area contributed by atoms with Crippen LogP contribution in [0.4, 0.5) is 0 Å². The molecule has 0 fully saturated rings. The summed E-state index contributed by atoms with van der Waals surface area (Å²) in [6, 6.07) is 0. The Morgan fingerprint density at radius 3 is 2.10 bits per heavy atom. The molecule has 1 aliphatic carbocycles. The van der Waals surface area contributed by atoms with Gasteiger partial charge in [0.1, 0.15) is 0 Å². The van der Waals surface area contributed by atoms with Gasteiger partial charge in [0, 0.05) is 26.2 Å². The van der Waals surface area contributed by atoms with Gasteiger partial charge < -0.3 is 0 Å². The van der Waals surface area contributed by atoms with Gasteiger partial charge in [0.25, 0.3) is 0 Å². The molecule has 0 heterocycles. The van der Waals surface area contributed by atoms with Crippen LogP contribution in [-0.4, -0.2) is 8.07 Å². The van der Waals surface area contributed by atoms with Gasteiger partial charge in [-0.1, -0.05) is 43.1 Å². The molecule has 0 saturated carbocycles. The van der Waals surface area contributed by atoms with Crippen LogP contribution in [0.5, 0.6) is 0 Å². The van der Waals surface area contributed by atoms with Crippen LogP contribution in [0.25, 0.3) is 0 Å². The van der Waals surface area contributed by atoms with Gasteiger partial charge >= 0.3 is 0 Å². The van der Waals surface area contributed by atoms with Crippen molar-refractivity contribution in [2.75, 3.05) is 0 Å². The molecule has 54 valence electrons. The van der Waals surface area contributed by atoms with Gasteiger partial charge in [-0.2, -0.15) is 0 Å². The van der Waals surface area contributed by atoms with Crippen molar-refractivity contribution in [3.05, 3.63) is 23.4 Å². The first-order chi connectivity index (χ1) is 4.11. The molecule has 0 unspecified atom stereocenters. The topological polar surface area (TPSA) is 0 Å². The molecule has 0 atom stereocenters. The number of rotatable bonds is 1. The third kappa shape index (κ3) is 2.67. The number of allylic oxidation sites excluding steroid dienone is 4. The van der Waals surface area contributed by atoms with E-state index in [1.165, 1.54) is 6.42 Å². The van der Waals surface area contributed by atoms with Crippen LogP contribution < -0.4 is 0 Å². The first-order valence-corrected chi connectivity index (χ1v) is 6.98. The minimum atomic E-state index is -0.950. The van der Waals surface area contributed by atoms with Crippen molar-refractivity contribution in [2.45, 2.75) is 26.1 Å². The van der Waals surface area contributed by atoms with Gasteiger partial charge in [0.2, 0.25) is 0 Å². The number of hydrogen-bond donors (Lipinski definition) is 0. The molecule has 1 rings (SSSR count). The van der Waals surface area contributed by atoms with E-state index in [1.54, 1.807) is 5.20 Å². The van der Waals surface area contributed by atoms with Crippen molar-refractivity contribution in [1.82, 2.24) is 0 Å². The van der Waals surface area contributed by atoms with Crippen LogP contribution in [0, 0.1) is 0 Å². The Hall–Kier alpha value is 0.580. The molecule has 0 aromatic rings. The summed E-state index contributed by atoms with van der Waals surface area (Å²) in [7, 11) is -0.950. The molecule has 0 spiro atoms. The van der Waals surface area contributed by atoms with Crippen LogP contribution in [0.3, 0.4) is 0 Å². The van der Waals surface area contributed by atoms with E-state index in [-0.39, 0.29) is 26.2 Å². The van der Waals surface area contributed by atoms with E-state index in [9.17, 15) is 0 Å². The molecule has 2 heteroatoms. The van der Waals surface area contributed by atoms with Crippen molar-refractivity contribution < 1.29 is 26.2 Å². The average molecular weight is 230 g/mol. The second-order valence-corrected chi connectivity index (χ2v) is 8.62. The van der Waals surface area contributed by atoms with Crippen molar-refractivity contribution in [3.8, 4) is 0 Å². The van der Waals surface area contributed by atoms with E-state index < -0.39 is 8.07 Å². The normalized spacial score (nSPS) is 16.5. The van der Waals surface area contributed by atoms with Gasteiger partial charge in [-0.3, -0.25) is 0 Å². The van der Waals surface area contributed by atoms with Crippen LogP contribution in [0.2, 0.25) is 19.6 Å². The van der Waals surface area contributed by atoms with Crippen LogP contribution in [0.15, 0.2) is 23.4 Å². The molecule has 0 N–H and O–H groups in total. The monoisotopic (exact) mass is 228 g/mol. The second kappa shape index (κ2) is 3.82. The Balaban J connectivity index is 0.000000810. The zero-order chi connectivity index (χ0) is 6.91. The second-order valence-electron chi connectivity index (χ2n) is 3.55. The predicted molar refractivity (Wildman–Crippen MR) is 45.2 cm³/mol. The molecule has 0 saturated heterocycles. The van der Waals surface area contributed by atoms with E-state index in [4.69, 9.17) is 0 Å². The first-order valence-electron chi connectivity index (χ1n) is 3.48.